The van der Waals surface area contributed by atoms with Gasteiger partial charge in [0, 0.05) is 30.6 Å². The number of Topliss-reactive ketones (excluding diaryl/α,β-unsaturated/α-hetero) is 1. The molecule has 0 aromatic heterocycles. The summed E-state index contributed by atoms with van der Waals surface area (Å²) in [5, 5.41) is 0. The van der Waals surface area contributed by atoms with E-state index in [4.69, 9.17) is 18.9 Å². The second-order valence-electron chi connectivity index (χ2n) is 14.8. The molecule has 0 unspecified atom stereocenters. The molecule has 9 heteroatoms. The third-order valence-corrected chi connectivity index (χ3v) is 11.3. The van der Waals surface area contributed by atoms with Crippen molar-refractivity contribution < 1.29 is 42.9 Å². The number of ether oxygens (including phenoxy) is 4. The lowest BCUT2D eigenvalue weighted by Crippen LogP contribution is -2.64. The van der Waals surface area contributed by atoms with Gasteiger partial charge in [-0.3, -0.25) is 9.59 Å². The highest BCUT2D eigenvalue weighted by molar-refractivity contribution is 5.98. The number of carbonyl (C=O) groups is 5. The Balaban J connectivity index is 1.55. The van der Waals surface area contributed by atoms with Crippen LogP contribution < -0.4 is 0 Å². The molecule has 2 bridgehead atoms. The van der Waals surface area contributed by atoms with E-state index in [-0.39, 0.29) is 23.3 Å². The Hall–Kier alpha value is -5.31. The van der Waals surface area contributed by atoms with Gasteiger partial charge in [-0.1, -0.05) is 81.9 Å². The lowest BCUT2D eigenvalue weighted by atomic mass is 9.49. The van der Waals surface area contributed by atoms with Crippen LogP contribution in [0.25, 0.3) is 0 Å². The molecule has 3 aromatic carbocycles. The van der Waals surface area contributed by atoms with Crippen molar-refractivity contribution >= 4 is 29.7 Å². The molecule has 0 aliphatic heterocycles. The SMILES string of the molecule is C=C1[C@@H](OC(=O)c2ccccc2)CC[C@@]2(C)[C@@H](OC(=O)c3ccccc3)[C@H](OC(=O)c3ccccc3)C3=C(C)C(=O)C[C@@H]([C@@H](OC(C)=O)[C@H]12)C3(C)C. The predicted molar refractivity (Wildman–Crippen MR) is 192 cm³/mol. The maximum atomic E-state index is 14.1. The minimum absolute atomic E-state index is 0.0441. The highest BCUT2D eigenvalue weighted by Crippen LogP contribution is 2.60. The van der Waals surface area contributed by atoms with Crippen LogP contribution in [-0.2, 0) is 28.5 Å². The average molecular weight is 705 g/mol. The van der Waals surface area contributed by atoms with Crippen LogP contribution in [0.5, 0.6) is 0 Å². The molecule has 0 N–H and O–H groups in total. The van der Waals surface area contributed by atoms with E-state index in [1.807, 2.05) is 20.8 Å². The smallest absolute Gasteiger partial charge is 0.338 e. The number of allylic oxidation sites excluding steroid dienone is 1. The Morgan fingerprint density at radius 1 is 0.712 bits per heavy atom. The summed E-state index contributed by atoms with van der Waals surface area (Å²) in [5.41, 5.74) is 0.256. The monoisotopic (exact) mass is 704 g/mol. The Bertz CT molecular complexity index is 1910. The molecular formula is C43H44O9. The zero-order valence-electron chi connectivity index (χ0n) is 30.1. The maximum absolute atomic E-state index is 14.1. The molecule has 2 fully saturated rings. The first kappa shape index (κ1) is 36.5. The van der Waals surface area contributed by atoms with Crippen LogP contribution >= 0.6 is 0 Å². The second kappa shape index (κ2) is 14.4. The summed E-state index contributed by atoms with van der Waals surface area (Å²) in [7, 11) is 0. The van der Waals surface area contributed by atoms with Crippen LogP contribution in [0, 0.1) is 22.7 Å². The standard InChI is InChI=1S/C43H44O9/c1-25-32(45)24-31-36(49-27(3)44)35-26(2)33(50-39(46)28-16-10-7-11-17-28)22-23-43(35,6)38(52-41(48)30-20-14-9-15-21-30)37(34(25)42(31,4)5)51-40(47)29-18-12-8-13-19-29/h7-21,31,33,35-38H,2,22-24H2,1,3-6H3/t31-,33-,35-,36+,37+,38-,43+/m0/s1. The van der Waals surface area contributed by atoms with Crippen molar-refractivity contribution in [1.29, 1.82) is 0 Å². The molecule has 7 atom stereocenters. The number of rotatable bonds is 7. The quantitative estimate of drug-likeness (QED) is 0.140. The van der Waals surface area contributed by atoms with E-state index in [0.717, 1.165) is 0 Å². The van der Waals surface area contributed by atoms with Gasteiger partial charge in [0.15, 0.2) is 11.9 Å². The molecule has 270 valence electrons. The normalized spacial score (nSPS) is 28.0. The second-order valence-corrected chi connectivity index (χ2v) is 14.8. The van der Waals surface area contributed by atoms with Crippen molar-refractivity contribution in [2.45, 2.75) is 78.3 Å². The van der Waals surface area contributed by atoms with Crippen molar-refractivity contribution in [3.05, 3.63) is 131 Å². The molecule has 3 aliphatic carbocycles. The summed E-state index contributed by atoms with van der Waals surface area (Å²) in [6, 6.07) is 25.6. The summed E-state index contributed by atoms with van der Waals surface area (Å²) < 4.78 is 25.3. The topological polar surface area (TPSA) is 122 Å². The van der Waals surface area contributed by atoms with E-state index in [1.54, 1.807) is 97.9 Å². The fraction of sp³-hybridized carbons (Fsp3) is 0.372. The van der Waals surface area contributed by atoms with Gasteiger partial charge in [-0.15, -0.1) is 0 Å². The van der Waals surface area contributed by atoms with Crippen molar-refractivity contribution in [2.24, 2.45) is 22.7 Å². The molecule has 0 saturated heterocycles. The first-order valence-corrected chi connectivity index (χ1v) is 17.6. The Morgan fingerprint density at radius 2 is 1.19 bits per heavy atom. The van der Waals surface area contributed by atoms with E-state index in [2.05, 4.69) is 6.58 Å². The third-order valence-electron chi connectivity index (χ3n) is 11.3. The molecule has 3 aliphatic rings. The zero-order valence-corrected chi connectivity index (χ0v) is 30.1. The Labute approximate surface area is 304 Å². The third kappa shape index (κ3) is 6.72. The van der Waals surface area contributed by atoms with Gasteiger partial charge in [0.05, 0.1) is 16.7 Å². The molecule has 0 heterocycles. The highest BCUT2D eigenvalue weighted by atomic mass is 16.6. The number of benzene rings is 3. The van der Waals surface area contributed by atoms with Crippen molar-refractivity contribution in [3.8, 4) is 0 Å². The van der Waals surface area contributed by atoms with E-state index >= 15 is 0 Å². The maximum Gasteiger partial charge on any atom is 0.338 e. The largest absolute Gasteiger partial charge is 0.462 e. The number of hydrogen-bond donors (Lipinski definition) is 0. The van der Waals surface area contributed by atoms with E-state index in [1.165, 1.54) is 6.92 Å². The number of fused-ring (bicyclic) bond motifs is 3. The van der Waals surface area contributed by atoms with Crippen LogP contribution in [0.2, 0.25) is 0 Å². The van der Waals surface area contributed by atoms with Gasteiger partial charge in [0.25, 0.3) is 0 Å². The lowest BCUT2D eigenvalue weighted by Gasteiger charge is -2.59. The number of carbonyl (C=O) groups excluding carboxylic acids is 5. The van der Waals surface area contributed by atoms with E-state index in [0.29, 0.717) is 35.1 Å². The fourth-order valence-corrected chi connectivity index (χ4v) is 8.67. The first-order chi connectivity index (χ1) is 24.7. The highest BCUT2D eigenvalue weighted by Gasteiger charge is 2.64. The van der Waals surface area contributed by atoms with Gasteiger partial charge in [-0.05, 0) is 78.3 Å². The zero-order chi connectivity index (χ0) is 37.4. The molecular weight excluding hydrogens is 660 g/mol. The van der Waals surface area contributed by atoms with E-state index in [9.17, 15) is 24.0 Å². The lowest BCUT2D eigenvalue weighted by molar-refractivity contribution is -0.182. The fourth-order valence-electron chi connectivity index (χ4n) is 8.67. The van der Waals surface area contributed by atoms with Gasteiger partial charge in [-0.25, -0.2) is 14.4 Å². The van der Waals surface area contributed by atoms with Crippen molar-refractivity contribution in [2.75, 3.05) is 0 Å². The van der Waals surface area contributed by atoms with E-state index < -0.39 is 71.0 Å². The predicted octanol–water partition coefficient (Wildman–Crippen LogP) is 7.51. The van der Waals surface area contributed by atoms with Crippen molar-refractivity contribution in [3.63, 3.8) is 0 Å². The summed E-state index contributed by atoms with van der Waals surface area (Å²) in [4.78, 5) is 68.5. The number of ketones is 1. The first-order valence-electron chi connectivity index (χ1n) is 17.6. The summed E-state index contributed by atoms with van der Waals surface area (Å²) in [5.74, 6) is -4.03. The van der Waals surface area contributed by atoms with Gasteiger partial charge < -0.3 is 18.9 Å². The van der Waals surface area contributed by atoms with Crippen LogP contribution in [0.4, 0.5) is 0 Å². The van der Waals surface area contributed by atoms with Crippen LogP contribution in [0.15, 0.2) is 114 Å². The molecule has 6 rings (SSSR count). The number of hydrogen-bond acceptors (Lipinski definition) is 9. The van der Waals surface area contributed by atoms with Crippen molar-refractivity contribution in [1.82, 2.24) is 0 Å². The summed E-state index contributed by atoms with van der Waals surface area (Å²) in [6.45, 7) is 13.3. The molecule has 52 heavy (non-hydrogen) atoms. The molecule has 3 aromatic rings. The van der Waals surface area contributed by atoms with Gasteiger partial charge in [0.1, 0.15) is 18.3 Å². The molecule has 0 spiro atoms. The average Bonchev–Trinajstić information content (AvgIpc) is 3.13. The minimum Gasteiger partial charge on any atom is -0.462 e. The molecule has 0 radical (unpaired) electrons. The molecule has 2 saturated carbocycles. The Morgan fingerprint density at radius 3 is 1.69 bits per heavy atom. The molecule has 9 nitrogen and oxygen atoms in total. The summed E-state index contributed by atoms with van der Waals surface area (Å²) in [6.07, 6.45) is -3.53. The van der Waals surface area contributed by atoms with Crippen LogP contribution in [-0.4, -0.2) is 54.1 Å². The van der Waals surface area contributed by atoms with Crippen LogP contribution in [0.3, 0.4) is 0 Å². The molecule has 0 amide bonds. The van der Waals surface area contributed by atoms with Gasteiger partial charge in [-0.2, -0.15) is 0 Å². The van der Waals surface area contributed by atoms with Crippen LogP contribution in [0.1, 0.15) is 85.0 Å². The minimum atomic E-state index is -1.22. The Kier molecular flexibility index (Phi) is 10.1. The van der Waals surface area contributed by atoms with Gasteiger partial charge >= 0.3 is 23.9 Å². The van der Waals surface area contributed by atoms with Gasteiger partial charge in [0.2, 0.25) is 0 Å². The summed E-state index contributed by atoms with van der Waals surface area (Å²) >= 11 is 0. The number of esters is 4.